The number of pyridine rings is 1. The molecule has 122 valence electrons. The summed E-state index contributed by atoms with van der Waals surface area (Å²) in [6.07, 6.45) is 13.0. The average Bonchev–Trinajstić information content (AvgIpc) is 3.17. The molecule has 0 atom stereocenters. The van der Waals surface area contributed by atoms with Crippen LogP contribution in [0.2, 0.25) is 5.15 Å². The molecule has 0 aliphatic rings. The third-order valence-corrected chi connectivity index (χ3v) is 5.26. The number of aryl methyl sites for hydroxylation is 1. The molecule has 4 nitrogen and oxygen atoms in total. The van der Waals surface area contributed by atoms with E-state index in [9.17, 15) is 0 Å². The van der Waals surface area contributed by atoms with Gasteiger partial charge >= 0.3 is 0 Å². The second kappa shape index (κ2) is 7.58. The minimum atomic E-state index is 0.426. The number of furan rings is 1. The molecule has 3 aromatic rings. The molecule has 0 aliphatic carbocycles. The summed E-state index contributed by atoms with van der Waals surface area (Å²) in [6.45, 7) is 3.66. The minimum Gasteiger partial charge on any atom is -0.447 e. The SMILES string of the molecule is C=C/C=C\C=C\c1c(Cl)nc2cc(SI)oc2c1-c1cnn(C)c1. The van der Waals surface area contributed by atoms with Crippen molar-refractivity contribution in [1.82, 2.24) is 14.8 Å². The molecule has 0 radical (unpaired) electrons. The summed E-state index contributed by atoms with van der Waals surface area (Å²) in [7, 11) is 3.37. The van der Waals surface area contributed by atoms with Gasteiger partial charge in [0.15, 0.2) is 10.7 Å². The molecule has 0 aliphatic heterocycles. The van der Waals surface area contributed by atoms with Crippen molar-refractivity contribution < 1.29 is 4.42 Å². The lowest BCUT2D eigenvalue weighted by molar-refractivity contribution is 0.517. The van der Waals surface area contributed by atoms with Gasteiger partial charge in [0, 0.05) is 57.2 Å². The molecule has 24 heavy (non-hydrogen) atoms. The second-order valence-electron chi connectivity index (χ2n) is 4.93. The normalized spacial score (nSPS) is 12.0. The van der Waals surface area contributed by atoms with E-state index in [2.05, 4.69) is 37.9 Å². The molecular formula is C17H13ClIN3OS. The van der Waals surface area contributed by atoms with Crippen LogP contribution < -0.4 is 0 Å². The predicted molar refractivity (Wildman–Crippen MR) is 109 cm³/mol. The Morgan fingerprint density at radius 1 is 1.38 bits per heavy atom. The lowest BCUT2D eigenvalue weighted by atomic mass is 10.0. The predicted octanol–water partition coefficient (Wildman–Crippen LogP) is 6.08. The molecule has 0 spiro atoms. The van der Waals surface area contributed by atoms with Gasteiger partial charge in [-0.05, 0) is 8.93 Å². The number of halogens is 2. The Labute approximate surface area is 160 Å². The fourth-order valence-electron chi connectivity index (χ4n) is 2.33. The van der Waals surface area contributed by atoms with Gasteiger partial charge < -0.3 is 4.42 Å². The van der Waals surface area contributed by atoms with Crippen molar-refractivity contribution in [2.75, 3.05) is 0 Å². The van der Waals surface area contributed by atoms with Gasteiger partial charge in [0.2, 0.25) is 0 Å². The van der Waals surface area contributed by atoms with E-state index in [1.54, 1.807) is 17.0 Å². The topological polar surface area (TPSA) is 43.9 Å². The first-order valence-electron chi connectivity index (χ1n) is 7.00. The molecule has 0 saturated carbocycles. The van der Waals surface area contributed by atoms with Gasteiger partial charge in [-0.25, -0.2) is 4.98 Å². The first-order chi connectivity index (χ1) is 11.6. The van der Waals surface area contributed by atoms with Crippen LogP contribution >= 0.6 is 41.7 Å². The Morgan fingerprint density at radius 3 is 2.88 bits per heavy atom. The smallest absolute Gasteiger partial charge is 0.173 e. The standard InChI is InChI=1S/C17H13ClIN3OS/c1-3-4-5-6-7-12-15(11-9-20-22(2)10-11)16-13(21-17(12)18)8-14(23-16)24-19/h3-10H,1H2,2H3/b5-4-,7-6+. The maximum Gasteiger partial charge on any atom is 0.173 e. The molecule has 7 heteroatoms. The minimum absolute atomic E-state index is 0.426. The Morgan fingerprint density at radius 2 is 2.21 bits per heavy atom. The Bertz CT molecular complexity index is 958. The molecule has 3 heterocycles. The van der Waals surface area contributed by atoms with E-state index >= 15 is 0 Å². The van der Waals surface area contributed by atoms with Crippen LogP contribution in [0.4, 0.5) is 0 Å². The number of hydrogen-bond acceptors (Lipinski definition) is 4. The van der Waals surface area contributed by atoms with E-state index in [0.717, 1.165) is 27.3 Å². The summed E-state index contributed by atoms with van der Waals surface area (Å²) < 4.78 is 7.71. The third-order valence-electron chi connectivity index (χ3n) is 3.32. The number of rotatable bonds is 5. The van der Waals surface area contributed by atoms with Gasteiger partial charge in [-0.1, -0.05) is 48.6 Å². The first-order valence-corrected chi connectivity index (χ1v) is 10.7. The largest absolute Gasteiger partial charge is 0.447 e. The monoisotopic (exact) mass is 469 g/mol. The zero-order valence-electron chi connectivity index (χ0n) is 12.7. The molecule has 0 bridgehead atoms. The van der Waals surface area contributed by atoms with Gasteiger partial charge in [0.05, 0.1) is 6.20 Å². The lowest BCUT2D eigenvalue weighted by Gasteiger charge is -2.06. The number of aromatic nitrogens is 3. The van der Waals surface area contributed by atoms with Crippen LogP contribution in [-0.4, -0.2) is 14.8 Å². The van der Waals surface area contributed by atoms with E-state index in [1.165, 1.54) is 8.93 Å². The van der Waals surface area contributed by atoms with Gasteiger partial charge in [-0.15, -0.1) is 0 Å². The summed E-state index contributed by atoms with van der Waals surface area (Å²) in [4.78, 5) is 4.47. The van der Waals surface area contributed by atoms with Crippen molar-refractivity contribution in [3.05, 3.63) is 60.1 Å². The molecule has 0 N–H and O–H groups in total. The molecule has 0 fully saturated rings. The van der Waals surface area contributed by atoms with Gasteiger partial charge in [-0.3, -0.25) is 4.68 Å². The highest BCUT2D eigenvalue weighted by Crippen LogP contribution is 2.40. The van der Waals surface area contributed by atoms with Crippen molar-refractivity contribution in [1.29, 1.82) is 0 Å². The Hall–Kier alpha value is -1.51. The van der Waals surface area contributed by atoms with Gasteiger partial charge in [0.25, 0.3) is 0 Å². The van der Waals surface area contributed by atoms with E-state index in [4.69, 9.17) is 16.0 Å². The fourth-order valence-corrected chi connectivity index (χ4v) is 3.51. The molecule has 3 rings (SSSR count). The maximum absolute atomic E-state index is 6.45. The van der Waals surface area contributed by atoms with E-state index < -0.39 is 0 Å². The fraction of sp³-hybridized carbons (Fsp3) is 0.0588. The van der Waals surface area contributed by atoms with E-state index in [-0.39, 0.29) is 0 Å². The van der Waals surface area contributed by atoms with Crippen LogP contribution in [0.25, 0.3) is 28.3 Å². The molecule has 0 saturated heterocycles. The lowest BCUT2D eigenvalue weighted by Crippen LogP contribution is -1.89. The van der Waals surface area contributed by atoms with Crippen molar-refractivity contribution >= 4 is 58.9 Å². The number of hydrogen-bond donors (Lipinski definition) is 0. The van der Waals surface area contributed by atoms with Crippen LogP contribution in [-0.2, 0) is 7.05 Å². The second-order valence-corrected chi connectivity index (χ2v) is 7.17. The van der Waals surface area contributed by atoms with Crippen LogP contribution in [0.5, 0.6) is 0 Å². The quantitative estimate of drug-likeness (QED) is 0.258. The van der Waals surface area contributed by atoms with Gasteiger partial charge in [-0.2, -0.15) is 5.10 Å². The summed E-state index contributed by atoms with van der Waals surface area (Å²) in [5, 5.41) is 5.47. The summed E-state index contributed by atoms with van der Waals surface area (Å²) in [5.41, 5.74) is 4.05. The van der Waals surface area contributed by atoms with Crippen LogP contribution in [0.15, 0.2) is 58.9 Å². The zero-order valence-corrected chi connectivity index (χ0v) is 16.5. The van der Waals surface area contributed by atoms with Crippen LogP contribution in [0, 0.1) is 0 Å². The van der Waals surface area contributed by atoms with Gasteiger partial charge in [0.1, 0.15) is 10.7 Å². The highest BCUT2D eigenvalue weighted by molar-refractivity contribution is 14.2. The van der Waals surface area contributed by atoms with Crippen LogP contribution in [0.3, 0.4) is 0 Å². The number of allylic oxidation sites excluding steroid dienone is 4. The Balaban J connectivity index is 2.28. The number of fused-ring (bicyclic) bond motifs is 1. The highest BCUT2D eigenvalue weighted by atomic mass is 127. The average molecular weight is 470 g/mol. The summed E-state index contributed by atoms with van der Waals surface area (Å²) in [5.74, 6) is 0. The third kappa shape index (κ3) is 3.45. The highest BCUT2D eigenvalue weighted by Gasteiger charge is 2.19. The molecule has 0 unspecified atom stereocenters. The molecule has 3 aromatic heterocycles. The first kappa shape index (κ1) is 17.3. The molecule has 0 aromatic carbocycles. The van der Waals surface area contributed by atoms with Crippen molar-refractivity contribution in [2.45, 2.75) is 5.09 Å². The van der Waals surface area contributed by atoms with E-state index in [1.807, 2.05) is 43.6 Å². The zero-order chi connectivity index (χ0) is 17.1. The van der Waals surface area contributed by atoms with Crippen molar-refractivity contribution in [3.8, 4) is 11.1 Å². The molecule has 0 amide bonds. The number of nitrogens with zero attached hydrogens (tertiary/aromatic N) is 3. The van der Waals surface area contributed by atoms with Crippen molar-refractivity contribution in [3.63, 3.8) is 0 Å². The maximum atomic E-state index is 6.45. The molecular weight excluding hydrogens is 457 g/mol. The van der Waals surface area contributed by atoms with Crippen LogP contribution in [0.1, 0.15) is 5.56 Å². The van der Waals surface area contributed by atoms with E-state index in [0.29, 0.717) is 10.7 Å². The Kier molecular flexibility index (Phi) is 5.47. The summed E-state index contributed by atoms with van der Waals surface area (Å²) in [6, 6.07) is 1.89. The van der Waals surface area contributed by atoms with Crippen molar-refractivity contribution in [2.24, 2.45) is 7.05 Å². The summed E-state index contributed by atoms with van der Waals surface area (Å²) >= 11 is 8.63.